The standard InChI is InChI=1S/C12H18BrNO/c1-10-3-4-12(13)9-11(10)5-6-14(2)7-8-15/h3-4,9,15H,5-8H2,1-2H3. The third-order valence-electron chi connectivity index (χ3n) is 2.56. The smallest absolute Gasteiger partial charge is 0.0558 e. The second-order valence-electron chi connectivity index (χ2n) is 3.85. The number of nitrogens with zero attached hydrogens (tertiary/aromatic N) is 1. The fraction of sp³-hybridized carbons (Fsp3) is 0.500. The topological polar surface area (TPSA) is 23.5 Å². The van der Waals surface area contributed by atoms with E-state index in [1.807, 2.05) is 7.05 Å². The number of halogens is 1. The first-order chi connectivity index (χ1) is 7.13. The number of likely N-dealkylation sites (N-methyl/N-ethyl adjacent to an activating group) is 1. The minimum Gasteiger partial charge on any atom is -0.395 e. The Morgan fingerprint density at radius 1 is 1.33 bits per heavy atom. The molecule has 0 saturated heterocycles. The molecule has 0 atom stereocenters. The van der Waals surface area contributed by atoms with E-state index >= 15 is 0 Å². The van der Waals surface area contributed by atoms with Crippen LogP contribution >= 0.6 is 15.9 Å². The fourth-order valence-corrected chi connectivity index (χ4v) is 1.91. The second-order valence-corrected chi connectivity index (χ2v) is 4.76. The summed E-state index contributed by atoms with van der Waals surface area (Å²) in [6.45, 7) is 4.09. The number of hydrogen-bond donors (Lipinski definition) is 1. The molecule has 0 spiro atoms. The molecule has 15 heavy (non-hydrogen) atoms. The lowest BCUT2D eigenvalue weighted by Crippen LogP contribution is -2.24. The van der Waals surface area contributed by atoms with Crippen LogP contribution in [-0.4, -0.2) is 36.8 Å². The van der Waals surface area contributed by atoms with Gasteiger partial charge in [-0.25, -0.2) is 0 Å². The zero-order valence-electron chi connectivity index (χ0n) is 9.33. The number of rotatable bonds is 5. The number of hydrogen-bond acceptors (Lipinski definition) is 2. The summed E-state index contributed by atoms with van der Waals surface area (Å²) < 4.78 is 1.13. The summed E-state index contributed by atoms with van der Waals surface area (Å²) in [5.41, 5.74) is 2.70. The Morgan fingerprint density at radius 2 is 2.07 bits per heavy atom. The van der Waals surface area contributed by atoms with E-state index in [1.54, 1.807) is 0 Å². The second kappa shape index (κ2) is 6.26. The molecule has 0 radical (unpaired) electrons. The summed E-state index contributed by atoms with van der Waals surface area (Å²) in [5, 5.41) is 8.78. The van der Waals surface area contributed by atoms with Crippen LogP contribution < -0.4 is 0 Å². The van der Waals surface area contributed by atoms with E-state index in [0.717, 1.165) is 24.0 Å². The Morgan fingerprint density at radius 3 is 2.73 bits per heavy atom. The van der Waals surface area contributed by atoms with Gasteiger partial charge in [-0.15, -0.1) is 0 Å². The first-order valence-electron chi connectivity index (χ1n) is 5.18. The van der Waals surface area contributed by atoms with Gasteiger partial charge in [-0.3, -0.25) is 0 Å². The van der Waals surface area contributed by atoms with Crippen LogP contribution in [0.3, 0.4) is 0 Å². The molecule has 1 aromatic rings. The summed E-state index contributed by atoms with van der Waals surface area (Å²) in [7, 11) is 2.03. The van der Waals surface area contributed by atoms with E-state index in [-0.39, 0.29) is 6.61 Å². The Kier molecular flexibility index (Phi) is 5.29. The van der Waals surface area contributed by atoms with Gasteiger partial charge in [0.15, 0.2) is 0 Å². The maximum absolute atomic E-state index is 8.78. The van der Waals surface area contributed by atoms with Gasteiger partial charge in [-0.05, 0) is 43.7 Å². The van der Waals surface area contributed by atoms with Crippen LogP contribution in [0.1, 0.15) is 11.1 Å². The SMILES string of the molecule is Cc1ccc(Br)cc1CCN(C)CCO. The lowest BCUT2D eigenvalue weighted by Gasteiger charge is -2.15. The highest BCUT2D eigenvalue weighted by atomic mass is 79.9. The van der Waals surface area contributed by atoms with Crippen molar-refractivity contribution in [2.24, 2.45) is 0 Å². The molecule has 3 heteroatoms. The highest BCUT2D eigenvalue weighted by molar-refractivity contribution is 9.10. The molecule has 0 unspecified atom stereocenters. The lowest BCUT2D eigenvalue weighted by atomic mass is 10.1. The van der Waals surface area contributed by atoms with Crippen LogP contribution in [0.15, 0.2) is 22.7 Å². The molecule has 0 saturated carbocycles. The molecule has 0 aliphatic carbocycles. The Balaban J connectivity index is 2.53. The number of benzene rings is 1. The molecule has 84 valence electrons. The summed E-state index contributed by atoms with van der Waals surface area (Å²) >= 11 is 3.48. The van der Waals surface area contributed by atoms with Crippen LogP contribution in [0.25, 0.3) is 0 Å². The van der Waals surface area contributed by atoms with Gasteiger partial charge in [0, 0.05) is 17.6 Å². The van der Waals surface area contributed by atoms with Crippen LogP contribution in [0.2, 0.25) is 0 Å². The molecule has 0 fully saturated rings. The first-order valence-corrected chi connectivity index (χ1v) is 5.97. The molecule has 0 amide bonds. The third-order valence-corrected chi connectivity index (χ3v) is 3.05. The van der Waals surface area contributed by atoms with Crippen molar-refractivity contribution in [1.82, 2.24) is 4.90 Å². The molecule has 1 aromatic carbocycles. The van der Waals surface area contributed by atoms with Gasteiger partial charge in [-0.2, -0.15) is 0 Å². The average molecular weight is 272 g/mol. The van der Waals surface area contributed by atoms with Gasteiger partial charge in [0.2, 0.25) is 0 Å². The van der Waals surface area contributed by atoms with Gasteiger partial charge < -0.3 is 10.0 Å². The highest BCUT2D eigenvalue weighted by Gasteiger charge is 2.02. The first kappa shape index (κ1) is 12.7. The van der Waals surface area contributed by atoms with Gasteiger partial charge in [0.05, 0.1) is 6.61 Å². The monoisotopic (exact) mass is 271 g/mol. The quantitative estimate of drug-likeness (QED) is 0.888. The lowest BCUT2D eigenvalue weighted by molar-refractivity contribution is 0.223. The van der Waals surface area contributed by atoms with Crippen molar-refractivity contribution in [3.63, 3.8) is 0 Å². The normalized spacial score (nSPS) is 11.0. The van der Waals surface area contributed by atoms with E-state index in [2.05, 4.69) is 46.0 Å². The Hall–Kier alpha value is -0.380. The predicted molar refractivity (Wildman–Crippen MR) is 67.2 cm³/mol. The van der Waals surface area contributed by atoms with Crippen LogP contribution in [0.4, 0.5) is 0 Å². The van der Waals surface area contributed by atoms with E-state index in [0.29, 0.717) is 0 Å². The minimum absolute atomic E-state index is 0.230. The largest absolute Gasteiger partial charge is 0.395 e. The van der Waals surface area contributed by atoms with E-state index in [4.69, 9.17) is 5.11 Å². The molecular formula is C12H18BrNO. The van der Waals surface area contributed by atoms with E-state index < -0.39 is 0 Å². The zero-order valence-corrected chi connectivity index (χ0v) is 10.9. The van der Waals surface area contributed by atoms with Gasteiger partial charge in [-0.1, -0.05) is 22.0 Å². The molecule has 2 nitrogen and oxygen atoms in total. The van der Waals surface area contributed by atoms with E-state index in [1.165, 1.54) is 11.1 Å². The molecule has 0 bridgehead atoms. The number of aryl methyl sites for hydroxylation is 1. The van der Waals surface area contributed by atoms with Crippen molar-refractivity contribution in [1.29, 1.82) is 0 Å². The predicted octanol–water partition coefficient (Wildman–Crippen LogP) is 2.22. The minimum atomic E-state index is 0.230. The van der Waals surface area contributed by atoms with Crippen LogP contribution in [-0.2, 0) is 6.42 Å². The van der Waals surface area contributed by atoms with Crippen molar-refractivity contribution in [3.05, 3.63) is 33.8 Å². The maximum Gasteiger partial charge on any atom is 0.0558 e. The van der Waals surface area contributed by atoms with Crippen molar-refractivity contribution in [3.8, 4) is 0 Å². The molecular weight excluding hydrogens is 254 g/mol. The maximum atomic E-state index is 8.78. The summed E-state index contributed by atoms with van der Waals surface area (Å²) in [6.07, 6.45) is 1.03. The molecule has 0 aliphatic heterocycles. The molecule has 0 aromatic heterocycles. The van der Waals surface area contributed by atoms with Crippen LogP contribution in [0.5, 0.6) is 0 Å². The van der Waals surface area contributed by atoms with Crippen LogP contribution in [0, 0.1) is 6.92 Å². The highest BCUT2D eigenvalue weighted by Crippen LogP contribution is 2.16. The van der Waals surface area contributed by atoms with Gasteiger partial charge in [0.1, 0.15) is 0 Å². The summed E-state index contributed by atoms with van der Waals surface area (Å²) in [5.74, 6) is 0. The molecule has 0 heterocycles. The fourth-order valence-electron chi connectivity index (χ4n) is 1.50. The molecule has 0 aliphatic rings. The van der Waals surface area contributed by atoms with Gasteiger partial charge in [0.25, 0.3) is 0 Å². The van der Waals surface area contributed by atoms with Crippen molar-refractivity contribution < 1.29 is 5.11 Å². The summed E-state index contributed by atoms with van der Waals surface area (Å²) in [6, 6.07) is 6.36. The van der Waals surface area contributed by atoms with Crippen molar-refractivity contribution in [2.45, 2.75) is 13.3 Å². The molecule has 1 N–H and O–H groups in total. The molecule has 1 rings (SSSR count). The Labute approximate surface area is 100 Å². The zero-order chi connectivity index (χ0) is 11.3. The average Bonchev–Trinajstić information content (AvgIpc) is 2.20. The number of aliphatic hydroxyl groups excluding tert-OH is 1. The number of aliphatic hydroxyl groups is 1. The summed E-state index contributed by atoms with van der Waals surface area (Å²) in [4.78, 5) is 2.14. The third kappa shape index (κ3) is 4.33. The van der Waals surface area contributed by atoms with Crippen molar-refractivity contribution in [2.75, 3.05) is 26.7 Å². The van der Waals surface area contributed by atoms with E-state index in [9.17, 15) is 0 Å². The van der Waals surface area contributed by atoms with Gasteiger partial charge >= 0.3 is 0 Å². The van der Waals surface area contributed by atoms with Crippen molar-refractivity contribution >= 4 is 15.9 Å². The Bertz CT molecular complexity index is 314.